The maximum Gasteiger partial charge on any atom is 0.225 e. The predicted molar refractivity (Wildman–Crippen MR) is 89.1 cm³/mol. The highest BCUT2D eigenvalue weighted by molar-refractivity contribution is 7.88. The lowest BCUT2D eigenvalue weighted by molar-refractivity contribution is -0.135. The van der Waals surface area contributed by atoms with Crippen LogP contribution in [0.1, 0.15) is 31.2 Å². The molecule has 132 valence electrons. The van der Waals surface area contributed by atoms with Crippen LogP contribution in [0, 0.1) is 11.7 Å². The zero-order valence-electron chi connectivity index (χ0n) is 13.7. The first-order chi connectivity index (χ1) is 11.5. The van der Waals surface area contributed by atoms with E-state index in [0.29, 0.717) is 31.5 Å². The van der Waals surface area contributed by atoms with E-state index in [9.17, 15) is 17.6 Å². The molecule has 1 amide bonds. The summed E-state index contributed by atoms with van der Waals surface area (Å²) >= 11 is 0. The number of carbonyl (C=O) groups excluding carboxylic acids is 1. The fraction of sp³-hybridized carbons (Fsp3) is 0.588. The standard InChI is InChI=1S/C17H23FN2O3S/c18-16-5-3-14(4-6-16)13-24(22,23)20-11-7-15(8-12-20)17(21)19-9-1-2-10-19/h3-6,15H,1-2,7-13H2. The highest BCUT2D eigenvalue weighted by Gasteiger charge is 2.33. The van der Waals surface area contributed by atoms with E-state index in [4.69, 9.17) is 0 Å². The van der Waals surface area contributed by atoms with Crippen LogP contribution >= 0.6 is 0 Å². The fourth-order valence-electron chi connectivity index (χ4n) is 3.46. The summed E-state index contributed by atoms with van der Waals surface area (Å²) in [6.45, 7) is 2.44. The second-order valence-corrected chi connectivity index (χ2v) is 8.56. The molecule has 2 aliphatic rings. The second-order valence-electron chi connectivity index (χ2n) is 6.59. The molecule has 0 saturated carbocycles. The number of carbonyl (C=O) groups is 1. The average Bonchev–Trinajstić information content (AvgIpc) is 3.11. The Balaban J connectivity index is 1.56. The molecular formula is C17H23FN2O3S. The second kappa shape index (κ2) is 7.19. The van der Waals surface area contributed by atoms with Gasteiger partial charge in [-0.25, -0.2) is 17.1 Å². The Labute approximate surface area is 142 Å². The van der Waals surface area contributed by atoms with E-state index in [1.807, 2.05) is 4.90 Å². The number of rotatable bonds is 4. The number of hydrogen-bond acceptors (Lipinski definition) is 3. The molecular weight excluding hydrogens is 331 g/mol. The average molecular weight is 354 g/mol. The molecule has 0 atom stereocenters. The summed E-state index contributed by atoms with van der Waals surface area (Å²) in [7, 11) is -3.43. The van der Waals surface area contributed by atoms with Crippen molar-refractivity contribution in [1.82, 2.24) is 9.21 Å². The summed E-state index contributed by atoms with van der Waals surface area (Å²) in [6, 6.07) is 5.53. The van der Waals surface area contributed by atoms with Crippen LogP contribution in [0.3, 0.4) is 0 Å². The van der Waals surface area contributed by atoms with Crippen molar-refractivity contribution in [2.24, 2.45) is 5.92 Å². The summed E-state index contributed by atoms with van der Waals surface area (Å²) in [6.07, 6.45) is 3.29. The minimum absolute atomic E-state index is 0.0552. The van der Waals surface area contributed by atoms with Crippen molar-refractivity contribution in [1.29, 1.82) is 0 Å². The van der Waals surface area contributed by atoms with Gasteiger partial charge in [-0.15, -0.1) is 0 Å². The van der Waals surface area contributed by atoms with Crippen LogP contribution in [-0.4, -0.2) is 49.7 Å². The Hall–Kier alpha value is -1.47. The van der Waals surface area contributed by atoms with Gasteiger partial charge in [-0.3, -0.25) is 4.79 Å². The lowest BCUT2D eigenvalue weighted by atomic mass is 9.97. The maximum atomic E-state index is 12.9. The lowest BCUT2D eigenvalue weighted by Gasteiger charge is -2.32. The molecule has 7 heteroatoms. The van der Waals surface area contributed by atoms with Crippen molar-refractivity contribution in [3.63, 3.8) is 0 Å². The maximum absolute atomic E-state index is 12.9. The predicted octanol–water partition coefficient (Wildman–Crippen LogP) is 1.99. The molecule has 0 unspecified atom stereocenters. The monoisotopic (exact) mass is 354 g/mol. The number of sulfonamides is 1. The molecule has 0 radical (unpaired) electrons. The first kappa shape index (κ1) is 17.4. The van der Waals surface area contributed by atoms with Crippen LogP contribution in [0.2, 0.25) is 0 Å². The van der Waals surface area contributed by atoms with E-state index in [1.165, 1.54) is 28.6 Å². The Bertz CT molecular complexity index is 676. The van der Waals surface area contributed by atoms with E-state index in [1.54, 1.807) is 0 Å². The van der Waals surface area contributed by atoms with E-state index in [0.717, 1.165) is 25.9 Å². The Morgan fingerprint density at radius 2 is 1.62 bits per heavy atom. The smallest absolute Gasteiger partial charge is 0.225 e. The van der Waals surface area contributed by atoms with Gasteiger partial charge < -0.3 is 4.90 Å². The number of benzene rings is 1. The summed E-state index contributed by atoms with van der Waals surface area (Å²) in [4.78, 5) is 14.3. The van der Waals surface area contributed by atoms with Gasteiger partial charge in [0.15, 0.2) is 0 Å². The van der Waals surface area contributed by atoms with Gasteiger partial charge in [-0.2, -0.15) is 0 Å². The zero-order valence-corrected chi connectivity index (χ0v) is 14.5. The minimum atomic E-state index is -3.43. The van der Waals surface area contributed by atoms with Gasteiger partial charge in [0.05, 0.1) is 5.75 Å². The molecule has 0 bridgehead atoms. The highest BCUT2D eigenvalue weighted by Crippen LogP contribution is 2.24. The summed E-state index contributed by atoms with van der Waals surface area (Å²) < 4.78 is 39.4. The molecule has 2 aliphatic heterocycles. The van der Waals surface area contributed by atoms with Crippen molar-refractivity contribution in [2.75, 3.05) is 26.2 Å². The molecule has 2 saturated heterocycles. The van der Waals surface area contributed by atoms with E-state index in [2.05, 4.69) is 0 Å². The van der Waals surface area contributed by atoms with Gasteiger partial charge in [0, 0.05) is 32.1 Å². The summed E-state index contributed by atoms with van der Waals surface area (Å²) in [5.74, 6) is -0.376. The largest absolute Gasteiger partial charge is 0.342 e. The summed E-state index contributed by atoms with van der Waals surface area (Å²) in [5.41, 5.74) is 0.576. The molecule has 5 nitrogen and oxygen atoms in total. The molecule has 1 aromatic carbocycles. The SMILES string of the molecule is O=C(C1CCN(S(=O)(=O)Cc2ccc(F)cc2)CC1)N1CCCC1. The Morgan fingerprint density at radius 3 is 2.21 bits per heavy atom. The third kappa shape index (κ3) is 3.95. The molecule has 0 spiro atoms. The van der Waals surface area contributed by atoms with Gasteiger partial charge in [0.25, 0.3) is 0 Å². The molecule has 0 N–H and O–H groups in total. The Morgan fingerprint density at radius 1 is 1.04 bits per heavy atom. The number of nitrogens with zero attached hydrogens (tertiary/aromatic N) is 2. The van der Waals surface area contributed by atoms with Crippen molar-refractivity contribution < 1.29 is 17.6 Å². The topological polar surface area (TPSA) is 57.7 Å². The van der Waals surface area contributed by atoms with Crippen LogP contribution in [0.25, 0.3) is 0 Å². The number of amides is 1. The van der Waals surface area contributed by atoms with Crippen LogP contribution < -0.4 is 0 Å². The molecule has 24 heavy (non-hydrogen) atoms. The van der Waals surface area contributed by atoms with E-state index in [-0.39, 0.29) is 23.4 Å². The van der Waals surface area contributed by atoms with Crippen LogP contribution in [0.4, 0.5) is 4.39 Å². The molecule has 1 aromatic rings. The molecule has 2 fully saturated rings. The number of piperidine rings is 1. The lowest BCUT2D eigenvalue weighted by Crippen LogP contribution is -2.44. The first-order valence-corrected chi connectivity index (χ1v) is 10.1. The summed E-state index contributed by atoms with van der Waals surface area (Å²) in [5, 5.41) is 0. The highest BCUT2D eigenvalue weighted by atomic mass is 32.2. The van der Waals surface area contributed by atoms with E-state index < -0.39 is 10.0 Å². The van der Waals surface area contributed by atoms with Gasteiger partial charge in [0.1, 0.15) is 5.82 Å². The van der Waals surface area contributed by atoms with Gasteiger partial charge in [0.2, 0.25) is 15.9 Å². The number of hydrogen-bond donors (Lipinski definition) is 0. The van der Waals surface area contributed by atoms with Crippen molar-refractivity contribution >= 4 is 15.9 Å². The van der Waals surface area contributed by atoms with Gasteiger partial charge in [-0.05, 0) is 43.4 Å². The zero-order chi connectivity index (χ0) is 17.2. The number of halogens is 1. The van der Waals surface area contributed by atoms with Crippen LogP contribution in [0.15, 0.2) is 24.3 Å². The van der Waals surface area contributed by atoms with Crippen molar-refractivity contribution in [2.45, 2.75) is 31.4 Å². The van der Waals surface area contributed by atoms with Crippen LogP contribution in [0.5, 0.6) is 0 Å². The third-order valence-electron chi connectivity index (χ3n) is 4.88. The molecule has 3 rings (SSSR count). The quantitative estimate of drug-likeness (QED) is 0.831. The van der Waals surface area contributed by atoms with Crippen molar-refractivity contribution in [3.05, 3.63) is 35.6 Å². The fourth-order valence-corrected chi connectivity index (χ4v) is 5.02. The van der Waals surface area contributed by atoms with Gasteiger partial charge in [-0.1, -0.05) is 12.1 Å². The Kier molecular flexibility index (Phi) is 5.20. The first-order valence-electron chi connectivity index (χ1n) is 8.47. The van der Waals surface area contributed by atoms with Crippen LogP contribution in [-0.2, 0) is 20.6 Å². The van der Waals surface area contributed by atoms with Gasteiger partial charge >= 0.3 is 0 Å². The van der Waals surface area contributed by atoms with Crippen molar-refractivity contribution in [3.8, 4) is 0 Å². The third-order valence-corrected chi connectivity index (χ3v) is 6.73. The minimum Gasteiger partial charge on any atom is -0.342 e. The molecule has 0 aromatic heterocycles. The normalized spacial score (nSPS) is 20.5. The number of likely N-dealkylation sites (tertiary alicyclic amines) is 1. The van der Waals surface area contributed by atoms with E-state index >= 15 is 0 Å². The molecule has 2 heterocycles. The molecule has 0 aliphatic carbocycles.